The van der Waals surface area contributed by atoms with Crippen molar-refractivity contribution in [2.24, 2.45) is 0 Å². The Morgan fingerprint density at radius 2 is 2.10 bits per heavy atom. The smallest absolute Gasteiger partial charge is 0.105 e. The van der Waals surface area contributed by atoms with Crippen LogP contribution in [0.2, 0.25) is 0 Å². The van der Waals surface area contributed by atoms with Crippen molar-refractivity contribution in [3.8, 4) is 0 Å². The maximum atomic E-state index is 10.6. The number of unbranched alkanes of at least 4 members (excludes halogenated alkanes) is 2. The zero-order chi connectivity index (χ0) is 15.1. The summed E-state index contributed by atoms with van der Waals surface area (Å²) >= 11 is 0. The number of rotatable bonds is 8. The molecule has 0 spiro atoms. The molecule has 0 amide bonds. The van der Waals surface area contributed by atoms with Crippen LogP contribution >= 0.6 is 0 Å². The van der Waals surface area contributed by atoms with Crippen LogP contribution in [0.15, 0.2) is 30.3 Å². The molecule has 1 aromatic rings. The third-order valence-corrected chi connectivity index (χ3v) is 4.61. The molecule has 2 rings (SSSR count). The third-order valence-electron chi connectivity index (χ3n) is 4.61. The van der Waals surface area contributed by atoms with Gasteiger partial charge in [-0.05, 0) is 18.9 Å². The molecule has 3 nitrogen and oxygen atoms in total. The van der Waals surface area contributed by atoms with Gasteiger partial charge in [-0.3, -0.25) is 0 Å². The van der Waals surface area contributed by atoms with Crippen LogP contribution in [-0.2, 0) is 4.74 Å². The molecule has 1 aliphatic rings. The van der Waals surface area contributed by atoms with E-state index in [0.29, 0.717) is 19.2 Å². The maximum Gasteiger partial charge on any atom is 0.105 e. The Hall–Kier alpha value is -0.900. The molecule has 3 unspecified atom stereocenters. The second kappa shape index (κ2) is 7.92. The Kier molecular flexibility index (Phi) is 6.22. The van der Waals surface area contributed by atoms with Gasteiger partial charge in [0.15, 0.2) is 0 Å². The monoisotopic (exact) mass is 291 g/mol. The molecule has 1 saturated heterocycles. The van der Waals surface area contributed by atoms with Crippen molar-refractivity contribution in [1.82, 2.24) is 5.32 Å². The summed E-state index contributed by atoms with van der Waals surface area (Å²) in [4.78, 5) is 0. The lowest BCUT2D eigenvalue weighted by Crippen LogP contribution is -2.46. The summed E-state index contributed by atoms with van der Waals surface area (Å²) < 4.78 is 5.51. The van der Waals surface area contributed by atoms with Gasteiger partial charge in [-0.1, -0.05) is 56.5 Å². The zero-order valence-electron chi connectivity index (χ0n) is 13.3. The molecule has 21 heavy (non-hydrogen) atoms. The molecule has 2 N–H and O–H groups in total. The molecular formula is C18H29NO2. The van der Waals surface area contributed by atoms with E-state index in [1.54, 1.807) is 0 Å². The Morgan fingerprint density at radius 1 is 1.33 bits per heavy atom. The molecule has 118 valence electrons. The fraction of sp³-hybridized carbons (Fsp3) is 0.667. The Labute approximate surface area is 128 Å². The molecule has 1 aliphatic heterocycles. The van der Waals surface area contributed by atoms with Gasteiger partial charge in [0.2, 0.25) is 0 Å². The van der Waals surface area contributed by atoms with Crippen LogP contribution in [0.4, 0.5) is 0 Å². The van der Waals surface area contributed by atoms with Gasteiger partial charge in [-0.25, -0.2) is 0 Å². The summed E-state index contributed by atoms with van der Waals surface area (Å²) in [5, 5.41) is 14.2. The molecule has 0 radical (unpaired) electrons. The second-order valence-electron chi connectivity index (χ2n) is 6.21. The lowest BCUT2D eigenvalue weighted by Gasteiger charge is -2.29. The van der Waals surface area contributed by atoms with Crippen molar-refractivity contribution >= 4 is 0 Å². The zero-order valence-corrected chi connectivity index (χ0v) is 13.3. The molecule has 3 atom stereocenters. The number of hydrogen-bond acceptors (Lipinski definition) is 3. The van der Waals surface area contributed by atoms with E-state index in [0.717, 1.165) is 12.8 Å². The molecule has 3 heteroatoms. The molecule has 1 heterocycles. The predicted octanol–water partition coefficient (Wildman–Crippen LogP) is 3.44. The molecule has 0 aromatic heterocycles. The van der Waals surface area contributed by atoms with Gasteiger partial charge >= 0.3 is 0 Å². The normalized spacial score (nSPS) is 26.9. The average Bonchev–Trinajstić information content (AvgIpc) is 2.83. The second-order valence-corrected chi connectivity index (χ2v) is 6.21. The van der Waals surface area contributed by atoms with E-state index in [4.69, 9.17) is 4.74 Å². The topological polar surface area (TPSA) is 41.5 Å². The first kappa shape index (κ1) is 16.5. The molecule has 0 saturated carbocycles. The maximum absolute atomic E-state index is 10.6. The van der Waals surface area contributed by atoms with Crippen LogP contribution in [0.25, 0.3) is 0 Å². The summed E-state index contributed by atoms with van der Waals surface area (Å²) in [6, 6.07) is 10.9. The van der Waals surface area contributed by atoms with Crippen molar-refractivity contribution in [3.05, 3.63) is 35.9 Å². The van der Waals surface area contributed by atoms with Gasteiger partial charge in [0, 0.05) is 25.6 Å². The highest BCUT2D eigenvalue weighted by Crippen LogP contribution is 2.27. The Morgan fingerprint density at radius 3 is 2.71 bits per heavy atom. The molecule has 0 aliphatic carbocycles. The summed E-state index contributed by atoms with van der Waals surface area (Å²) in [6.45, 7) is 5.44. The largest absolute Gasteiger partial charge is 0.386 e. The molecular weight excluding hydrogens is 262 g/mol. The van der Waals surface area contributed by atoms with E-state index in [1.807, 2.05) is 13.0 Å². The first-order valence-corrected chi connectivity index (χ1v) is 8.28. The van der Waals surface area contributed by atoms with Crippen LogP contribution in [0.3, 0.4) is 0 Å². The minimum Gasteiger partial charge on any atom is -0.386 e. The molecule has 1 aromatic carbocycles. The van der Waals surface area contributed by atoms with E-state index >= 15 is 0 Å². The number of nitrogens with one attached hydrogen (secondary N) is 1. The minimum absolute atomic E-state index is 0.0861. The number of aliphatic hydroxyl groups is 1. The standard InChI is InChI=1S/C18H29NO2/c1-3-4-6-11-17(16-9-7-5-8-10-16)19-14-18(20)12-13-21-15(18)2/h5,7-10,15,17,19-20H,3-4,6,11-14H2,1-2H3. The van der Waals surface area contributed by atoms with E-state index < -0.39 is 5.60 Å². The lowest BCUT2D eigenvalue weighted by molar-refractivity contribution is -0.0279. The molecule has 0 bridgehead atoms. The highest BCUT2D eigenvalue weighted by molar-refractivity contribution is 5.19. The number of benzene rings is 1. The van der Waals surface area contributed by atoms with Crippen LogP contribution in [-0.4, -0.2) is 30.0 Å². The van der Waals surface area contributed by atoms with Gasteiger partial charge in [0.25, 0.3) is 0 Å². The van der Waals surface area contributed by atoms with E-state index in [1.165, 1.54) is 24.8 Å². The fourth-order valence-electron chi connectivity index (χ4n) is 2.97. The summed E-state index contributed by atoms with van der Waals surface area (Å²) in [5.41, 5.74) is 0.585. The predicted molar refractivity (Wildman–Crippen MR) is 86.3 cm³/mol. The summed E-state index contributed by atoms with van der Waals surface area (Å²) in [6.07, 6.45) is 5.46. The van der Waals surface area contributed by atoms with Crippen molar-refractivity contribution in [2.75, 3.05) is 13.2 Å². The van der Waals surface area contributed by atoms with Crippen molar-refractivity contribution in [3.63, 3.8) is 0 Å². The van der Waals surface area contributed by atoms with E-state index in [-0.39, 0.29) is 6.10 Å². The summed E-state index contributed by atoms with van der Waals surface area (Å²) in [7, 11) is 0. The van der Waals surface area contributed by atoms with Crippen LogP contribution in [0, 0.1) is 0 Å². The van der Waals surface area contributed by atoms with Crippen LogP contribution in [0.5, 0.6) is 0 Å². The Bertz CT molecular complexity index is 409. The van der Waals surface area contributed by atoms with Crippen LogP contribution in [0.1, 0.15) is 57.6 Å². The van der Waals surface area contributed by atoms with Crippen molar-refractivity contribution in [2.45, 2.75) is 63.7 Å². The van der Waals surface area contributed by atoms with Gasteiger partial charge in [0.05, 0.1) is 6.10 Å². The van der Waals surface area contributed by atoms with Gasteiger partial charge in [0.1, 0.15) is 5.60 Å². The summed E-state index contributed by atoms with van der Waals surface area (Å²) in [5.74, 6) is 0. The minimum atomic E-state index is -0.724. The van der Waals surface area contributed by atoms with Gasteiger partial charge in [-0.2, -0.15) is 0 Å². The average molecular weight is 291 g/mol. The first-order valence-electron chi connectivity index (χ1n) is 8.28. The SMILES string of the molecule is CCCCCC(NCC1(O)CCOC1C)c1ccccc1. The quantitative estimate of drug-likeness (QED) is 0.721. The van der Waals surface area contributed by atoms with E-state index in [2.05, 4.69) is 36.5 Å². The lowest BCUT2D eigenvalue weighted by atomic mass is 9.94. The highest BCUT2D eigenvalue weighted by Gasteiger charge is 2.39. The Balaban J connectivity index is 1.95. The van der Waals surface area contributed by atoms with Gasteiger partial charge in [-0.15, -0.1) is 0 Å². The van der Waals surface area contributed by atoms with E-state index in [9.17, 15) is 5.11 Å². The third kappa shape index (κ3) is 4.53. The number of ether oxygens (including phenoxy) is 1. The first-order chi connectivity index (χ1) is 10.2. The fourth-order valence-corrected chi connectivity index (χ4v) is 2.97. The van der Waals surface area contributed by atoms with Crippen molar-refractivity contribution in [1.29, 1.82) is 0 Å². The highest BCUT2D eigenvalue weighted by atomic mass is 16.5. The number of hydrogen-bond donors (Lipinski definition) is 2. The molecule has 1 fully saturated rings. The van der Waals surface area contributed by atoms with Crippen LogP contribution < -0.4 is 5.32 Å². The van der Waals surface area contributed by atoms with Gasteiger partial charge < -0.3 is 15.2 Å². The van der Waals surface area contributed by atoms with Crippen molar-refractivity contribution < 1.29 is 9.84 Å².